The van der Waals surface area contributed by atoms with E-state index < -0.39 is 0 Å². The van der Waals surface area contributed by atoms with E-state index in [1.54, 1.807) is 16.6 Å². The van der Waals surface area contributed by atoms with Gasteiger partial charge in [0.2, 0.25) is 0 Å². The van der Waals surface area contributed by atoms with E-state index in [9.17, 15) is 0 Å². The van der Waals surface area contributed by atoms with Crippen LogP contribution in [0.15, 0.2) is 36.7 Å². The van der Waals surface area contributed by atoms with Gasteiger partial charge < -0.3 is 0 Å². The van der Waals surface area contributed by atoms with Crippen LogP contribution < -0.4 is 0 Å². The van der Waals surface area contributed by atoms with E-state index >= 15 is 0 Å². The van der Waals surface area contributed by atoms with Gasteiger partial charge in [0.05, 0.1) is 5.02 Å². The Hall–Kier alpha value is -1.65. The quantitative estimate of drug-likeness (QED) is 0.635. The number of benzene rings is 1. The molecule has 3 aromatic rings. The molecule has 84 valence electrons. The highest BCUT2D eigenvalue weighted by molar-refractivity contribution is 6.33. The first-order chi connectivity index (χ1) is 8.24. The van der Waals surface area contributed by atoms with Crippen molar-refractivity contribution in [3.05, 3.63) is 46.8 Å². The second kappa shape index (κ2) is 3.98. The molecule has 0 saturated heterocycles. The van der Waals surface area contributed by atoms with Crippen LogP contribution in [-0.2, 0) is 0 Å². The minimum Gasteiger partial charge on any atom is -0.224 e. The summed E-state index contributed by atoms with van der Waals surface area (Å²) in [5.41, 5.74) is 1.42. The first-order valence-electron chi connectivity index (χ1n) is 4.87. The van der Waals surface area contributed by atoms with Gasteiger partial charge in [0, 0.05) is 11.6 Å². The molecule has 1 aromatic carbocycles. The summed E-state index contributed by atoms with van der Waals surface area (Å²) in [4.78, 5) is 8.28. The monoisotopic (exact) mass is 264 g/mol. The van der Waals surface area contributed by atoms with E-state index in [4.69, 9.17) is 23.2 Å². The Morgan fingerprint density at radius 1 is 1.12 bits per heavy atom. The number of fused-ring (bicyclic) bond motifs is 1. The molecule has 0 spiro atoms. The van der Waals surface area contributed by atoms with Crippen molar-refractivity contribution >= 4 is 28.8 Å². The van der Waals surface area contributed by atoms with Crippen LogP contribution in [0.5, 0.6) is 0 Å². The number of rotatable bonds is 1. The average Bonchev–Trinajstić information content (AvgIpc) is 2.72. The van der Waals surface area contributed by atoms with Crippen LogP contribution in [0, 0.1) is 0 Å². The standard InChI is InChI=1S/C11H6Cl2N4/c12-8-4-2-1-3-7(8)11-15-10-5-9(13)14-6-17(10)16-11/h1-6H. The van der Waals surface area contributed by atoms with Gasteiger partial charge in [0.15, 0.2) is 11.5 Å². The third kappa shape index (κ3) is 1.85. The molecule has 0 bridgehead atoms. The third-order valence-electron chi connectivity index (χ3n) is 2.31. The Morgan fingerprint density at radius 2 is 1.94 bits per heavy atom. The van der Waals surface area contributed by atoms with Crippen LogP contribution in [-0.4, -0.2) is 19.6 Å². The molecule has 0 aliphatic heterocycles. The molecule has 0 saturated carbocycles. The molecule has 4 nitrogen and oxygen atoms in total. The maximum Gasteiger partial charge on any atom is 0.183 e. The van der Waals surface area contributed by atoms with Crippen LogP contribution in [0.2, 0.25) is 10.2 Å². The van der Waals surface area contributed by atoms with Gasteiger partial charge in [-0.15, -0.1) is 5.10 Å². The molecule has 0 amide bonds. The van der Waals surface area contributed by atoms with E-state index in [2.05, 4.69) is 15.1 Å². The molecular weight excluding hydrogens is 259 g/mol. The minimum absolute atomic E-state index is 0.385. The summed E-state index contributed by atoms with van der Waals surface area (Å²) in [5.74, 6) is 0.555. The fourth-order valence-corrected chi connectivity index (χ4v) is 1.89. The SMILES string of the molecule is Clc1cc2nc(-c3ccccc3Cl)nn2cn1. The van der Waals surface area contributed by atoms with Crippen molar-refractivity contribution < 1.29 is 0 Å². The van der Waals surface area contributed by atoms with Gasteiger partial charge in [-0.2, -0.15) is 0 Å². The predicted molar refractivity (Wildman–Crippen MR) is 66.2 cm³/mol. The summed E-state index contributed by atoms with van der Waals surface area (Å²) >= 11 is 11.9. The predicted octanol–water partition coefficient (Wildman–Crippen LogP) is 3.10. The molecule has 3 rings (SSSR count). The van der Waals surface area contributed by atoms with Crippen molar-refractivity contribution in [1.82, 2.24) is 19.6 Å². The van der Waals surface area contributed by atoms with Crippen LogP contribution in [0.3, 0.4) is 0 Å². The number of aromatic nitrogens is 4. The topological polar surface area (TPSA) is 43.1 Å². The van der Waals surface area contributed by atoms with Crippen LogP contribution in [0.25, 0.3) is 17.0 Å². The molecule has 17 heavy (non-hydrogen) atoms. The first-order valence-corrected chi connectivity index (χ1v) is 5.62. The summed E-state index contributed by atoms with van der Waals surface area (Å²) in [5, 5.41) is 5.28. The second-order valence-electron chi connectivity index (χ2n) is 3.43. The molecule has 2 heterocycles. The Morgan fingerprint density at radius 3 is 2.76 bits per heavy atom. The van der Waals surface area contributed by atoms with E-state index in [0.717, 1.165) is 5.56 Å². The Bertz CT molecular complexity index is 693. The maximum atomic E-state index is 6.09. The van der Waals surface area contributed by atoms with Crippen molar-refractivity contribution in [2.24, 2.45) is 0 Å². The zero-order chi connectivity index (χ0) is 11.8. The second-order valence-corrected chi connectivity index (χ2v) is 4.22. The summed E-state index contributed by atoms with van der Waals surface area (Å²) in [7, 11) is 0. The highest BCUT2D eigenvalue weighted by Crippen LogP contribution is 2.25. The normalized spacial score (nSPS) is 10.9. The van der Waals surface area contributed by atoms with Gasteiger partial charge in [0.25, 0.3) is 0 Å². The fraction of sp³-hybridized carbons (Fsp3) is 0. The van der Waals surface area contributed by atoms with Crippen molar-refractivity contribution in [2.45, 2.75) is 0 Å². The molecule has 0 radical (unpaired) electrons. The summed E-state index contributed by atoms with van der Waals surface area (Å²) in [6, 6.07) is 9.06. The first kappa shape index (κ1) is 10.5. The molecule has 0 unspecified atom stereocenters. The molecule has 0 aliphatic carbocycles. The third-order valence-corrected chi connectivity index (χ3v) is 2.85. The van der Waals surface area contributed by atoms with Crippen LogP contribution >= 0.6 is 23.2 Å². The molecular formula is C11H6Cl2N4. The van der Waals surface area contributed by atoms with Crippen molar-refractivity contribution in [3.8, 4) is 11.4 Å². The minimum atomic E-state index is 0.385. The van der Waals surface area contributed by atoms with Gasteiger partial charge in [-0.3, -0.25) is 0 Å². The van der Waals surface area contributed by atoms with Crippen molar-refractivity contribution in [3.63, 3.8) is 0 Å². The lowest BCUT2D eigenvalue weighted by Crippen LogP contribution is -1.88. The lowest BCUT2D eigenvalue weighted by molar-refractivity contribution is 0.925. The molecule has 2 aromatic heterocycles. The smallest absolute Gasteiger partial charge is 0.183 e. The van der Waals surface area contributed by atoms with E-state index in [0.29, 0.717) is 21.6 Å². The number of hydrogen-bond donors (Lipinski definition) is 0. The number of halogens is 2. The van der Waals surface area contributed by atoms with Crippen LogP contribution in [0.4, 0.5) is 0 Å². The number of hydrogen-bond acceptors (Lipinski definition) is 3. The highest BCUT2D eigenvalue weighted by atomic mass is 35.5. The highest BCUT2D eigenvalue weighted by Gasteiger charge is 2.09. The fourth-order valence-electron chi connectivity index (χ4n) is 1.53. The van der Waals surface area contributed by atoms with Gasteiger partial charge in [-0.05, 0) is 12.1 Å². The van der Waals surface area contributed by atoms with E-state index in [-0.39, 0.29) is 0 Å². The Kier molecular flexibility index (Phi) is 2.46. The number of nitrogens with zero attached hydrogens (tertiary/aromatic N) is 4. The molecule has 6 heteroatoms. The van der Waals surface area contributed by atoms with Crippen LogP contribution in [0.1, 0.15) is 0 Å². The summed E-state index contributed by atoms with van der Waals surface area (Å²) in [6.07, 6.45) is 1.52. The largest absolute Gasteiger partial charge is 0.224 e. The molecule has 0 atom stereocenters. The summed E-state index contributed by atoms with van der Waals surface area (Å²) < 4.78 is 1.56. The van der Waals surface area contributed by atoms with Gasteiger partial charge in [-0.25, -0.2) is 14.5 Å². The van der Waals surface area contributed by atoms with Crippen molar-refractivity contribution in [2.75, 3.05) is 0 Å². The lowest BCUT2D eigenvalue weighted by atomic mass is 10.2. The molecule has 0 aliphatic rings. The Balaban J connectivity index is 2.22. The maximum absolute atomic E-state index is 6.09. The van der Waals surface area contributed by atoms with E-state index in [1.165, 1.54) is 6.33 Å². The summed E-state index contributed by atoms with van der Waals surface area (Å²) in [6.45, 7) is 0. The zero-order valence-corrected chi connectivity index (χ0v) is 10.0. The average molecular weight is 265 g/mol. The molecule has 0 N–H and O–H groups in total. The Labute approximate surface area is 107 Å². The van der Waals surface area contributed by atoms with Gasteiger partial charge in [0.1, 0.15) is 11.5 Å². The lowest BCUT2D eigenvalue weighted by Gasteiger charge is -1.96. The van der Waals surface area contributed by atoms with Gasteiger partial charge >= 0.3 is 0 Å². The van der Waals surface area contributed by atoms with Crippen molar-refractivity contribution in [1.29, 1.82) is 0 Å². The van der Waals surface area contributed by atoms with E-state index in [1.807, 2.05) is 18.2 Å². The van der Waals surface area contributed by atoms with Gasteiger partial charge in [-0.1, -0.05) is 35.3 Å². The molecule has 0 fully saturated rings. The zero-order valence-electron chi connectivity index (χ0n) is 8.51.